The van der Waals surface area contributed by atoms with E-state index in [1.807, 2.05) is 19.6 Å². The molecule has 4 nitrogen and oxygen atoms in total. The SMILES string of the molecule is CN(C)Cc1ccccc1CN(C)Cc1cncn1C. The van der Waals surface area contributed by atoms with Gasteiger partial charge in [0.1, 0.15) is 0 Å². The Labute approximate surface area is 121 Å². The molecule has 0 atom stereocenters. The van der Waals surface area contributed by atoms with Crippen LogP contribution in [-0.4, -0.2) is 40.5 Å². The molecule has 0 spiro atoms. The van der Waals surface area contributed by atoms with E-state index in [-0.39, 0.29) is 0 Å². The maximum absolute atomic E-state index is 4.17. The molecule has 0 amide bonds. The molecule has 20 heavy (non-hydrogen) atoms. The highest BCUT2D eigenvalue weighted by molar-refractivity contribution is 5.27. The Balaban J connectivity index is 2.04. The highest BCUT2D eigenvalue weighted by Crippen LogP contribution is 2.14. The molecular weight excluding hydrogens is 248 g/mol. The van der Waals surface area contributed by atoms with Crippen molar-refractivity contribution in [1.29, 1.82) is 0 Å². The van der Waals surface area contributed by atoms with Gasteiger partial charge in [-0.05, 0) is 32.3 Å². The van der Waals surface area contributed by atoms with Crippen LogP contribution in [0.15, 0.2) is 36.8 Å². The van der Waals surface area contributed by atoms with Crippen molar-refractivity contribution in [2.45, 2.75) is 19.6 Å². The highest BCUT2D eigenvalue weighted by atomic mass is 15.1. The summed E-state index contributed by atoms with van der Waals surface area (Å²) in [6.45, 7) is 2.84. The van der Waals surface area contributed by atoms with Gasteiger partial charge in [0.25, 0.3) is 0 Å². The number of aromatic nitrogens is 2. The van der Waals surface area contributed by atoms with Gasteiger partial charge < -0.3 is 9.47 Å². The fourth-order valence-corrected chi connectivity index (χ4v) is 2.37. The lowest BCUT2D eigenvalue weighted by Gasteiger charge is -2.20. The summed E-state index contributed by atoms with van der Waals surface area (Å²) in [5.41, 5.74) is 4.03. The van der Waals surface area contributed by atoms with Crippen LogP contribution in [0.1, 0.15) is 16.8 Å². The lowest BCUT2D eigenvalue weighted by Crippen LogP contribution is -2.21. The van der Waals surface area contributed by atoms with E-state index in [9.17, 15) is 0 Å². The second-order valence-corrected chi connectivity index (χ2v) is 5.67. The van der Waals surface area contributed by atoms with Crippen LogP contribution in [0.25, 0.3) is 0 Å². The zero-order valence-electron chi connectivity index (χ0n) is 12.9. The van der Waals surface area contributed by atoms with Crippen molar-refractivity contribution in [3.05, 3.63) is 53.6 Å². The Hall–Kier alpha value is -1.65. The van der Waals surface area contributed by atoms with E-state index in [4.69, 9.17) is 0 Å². The molecule has 0 aliphatic heterocycles. The lowest BCUT2D eigenvalue weighted by molar-refractivity contribution is 0.308. The summed E-state index contributed by atoms with van der Waals surface area (Å²) < 4.78 is 2.07. The topological polar surface area (TPSA) is 24.3 Å². The van der Waals surface area contributed by atoms with E-state index >= 15 is 0 Å². The summed E-state index contributed by atoms with van der Waals surface area (Å²) in [5.74, 6) is 0. The summed E-state index contributed by atoms with van der Waals surface area (Å²) in [6.07, 6.45) is 3.78. The van der Waals surface area contributed by atoms with Crippen molar-refractivity contribution in [1.82, 2.24) is 19.4 Å². The largest absolute Gasteiger partial charge is 0.337 e. The van der Waals surface area contributed by atoms with Gasteiger partial charge in [0.15, 0.2) is 0 Å². The Morgan fingerprint density at radius 2 is 1.65 bits per heavy atom. The average molecular weight is 272 g/mol. The van der Waals surface area contributed by atoms with Crippen molar-refractivity contribution in [2.24, 2.45) is 7.05 Å². The Morgan fingerprint density at radius 3 is 2.20 bits per heavy atom. The van der Waals surface area contributed by atoms with Crippen LogP contribution in [0.2, 0.25) is 0 Å². The molecule has 0 radical (unpaired) electrons. The normalized spacial score (nSPS) is 11.5. The van der Waals surface area contributed by atoms with Gasteiger partial charge in [-0.15, -0.1) is 0 Å². The number of rotatable bonds is 6. The molecule has 1 aromatic heterocycles. The van der Waals surface area contributed by atoms with E-state index in [2.05, 4.69) is 64.8 Å². The molecule has 0 unspecified atom stereocenters. The van der Waals surface area contributed by atoms with Crippen molar-refractivity contribution in [3.8, 4) is 0 Å². The van der Waals surface area contributed by atoms with Gasteiger partial charge in [0.05, 0.1) is 12.0 Å². The van der Waals surface area contributed by atoms with Crippen LogP contribution in [0, 0.1) is 0 Å². The first-order valence-corrected chi connectivity index (χ1v) is 6.91. The lowest BCUT2D eigenvalue weighted by atomic mass is 10.1. The third kappa shape index (κ3) is 3.92. The molecule has 0 saturated heterocycles. The van der Waals surface area contributed by atoms with E-state index in [0.717, 1.165) is 19.6 Å². The molecular formula is C16H24N4. The number of aryl methyl sites for hydroxylation is 1. The maximum atomic E-state index is 4.17. The van der Waals surface area contributed by atoms with Gasteiger partial charge in [-0.25, -0.2) is 4.98 Å². The second-order valence-electron chi connectivity index (χ2n) is 5.67. The number of hydrogen-bond donors (Lipinski definition) is 0. The van der Waals surface area contributed by atoms with Crippen molar-refractivity contribution >= 4 is 0 Å². The summed E-state index contributed by atoms with van der Waals surface area (Å²) in [7, 11) is 8.40. The zero-order valence-corrected chi connectivity index (χ0v) is 12.9. The number of nitrogens with zero attached hydrogens (tertiary/aromatic N) is 4. The Bertz CT molecular complexity index is 545. The summed E-state index contributed by atoms with van der Waals surface area (Å²) in [6, 6.07) is 8.67. The van der Waals surface area contributed by atoms with E-state index < -0.39 is 0 Å². The molecule has 4 heteroatoms. The molecule has 0 saturated carbocycles. The first-order chi connectivity index (χ1) is 9.56. The standard InChI is InChI=1S/C16H24N4/c1-18(2)10-14-7-5-6-8-15(14)11-19(3)12-16-9-17-13-20(16)4/h5-9,13H,10-12H2,1-4H3. The predicted molar refractivity (Wildman–Crippen MR) is 82.2 cm³/mol. The first-order valence-electron chi connectivity index (χ1n) is 6.91. The fraction of sp³-hybridized carbons (Fsp3) is 0.438. The Kier molecular flexibility index (Phi) is 4.93. The van der Waals surface area contributed by atoms with E-state index in [0.29, 0.717) is 0 Å². The molecule has 108 valence electrons. The Morgan fingerprint density at radius 1 is 1.00 bits per heavy atom. The first kappa shape index (κ1) is 14.8. The van der Waals surface area contributed by atoms with Gasteiger partial charge >= 0.3 is 0 Å². The van der Waals surface area contributed by atoms with Gasteiger partial charge in [0, 0.05) is 32.9 Å². The van der Waals surface area contributed by atoms with Crippen LogP contribution < -0.4 is 0 Å². The van der Waals surface area contributed by atoms with E-state index in [1.165, 1.54) is 16.8 Å². The van der Waals surface area contributed by atoms with Gasteiger partial charge in [0.2, 0.25) is 0 Å². The van der Waals surface area contributed by atoms with Crippen molar-refractivity contribution < 1.29 is 0 Å². The quantitative estimate of drug-likeness (QED) is 0.805. The number of imidazole rings is 1. The molecule has 1 aromatic carbocycles. The second kappa shape index (κ2) is 6.68. The van der Waals surface area contributed by atoms with Crippen LogP contribution in [-0.2, 0) is 26.7 Å². The summed E-state index contributed by atoms with van der Waals surface area (Å²) >= 11 is 0. The molecule has 1 heterocycles. The van der Waals surface area contributed by atoms with E-state index in [1.54, 1.807) is 0 Å². The smallest absolute Gasteiger partial charge is 0.0945 e. The van der Waals surface area contributed by atoms with Gasteiger partial charge in [-0.3, -0.25) is 4.90 Å². The van der Waals surface area contributed by atoms with Crippen molar-refractivity contribution in [2.75, 3.05) is 21.1 Å². The maximum Gasteiger partial charge on any atom is 0.0945 e. The summed E-state index contributed by atoms with van der Waals surface area (Å²) in [4.78, 5) is 8.70. The van der Waals surface area contributed by atoms with Crippen LogP contribution in [0.5, 0.6) is 0 Å². The molecule has 0 aliphatic rings. The van der Waals surface area contributed by atoms with Gasteiger partial charge in [-0.1, -0.05) is 24.3 Å². The average Bonchev–Trinajstić information content (AvgIpc) is 2.77. The number of hydrogen-bond acceptors (Lipinski definition) is 3. The third-order valence-corrected chi connectivity index (χ3v) is 3.39. The molecule has 0 fully saturated rings. The molecule has 0 bridgehead atoms. The van der Waals surface area contributed by atoms with Crippen LogP contribution >= 0.6 is 0 Å². The minimum Gasteiger partial charge on any atom is -0.337 e. The fourth-order valence-electron chi connectivity index (χ4n) is 2.37. The van der Waals surface area contributed by atoms with Crippen molar-refractivity contribution in [3.63, 3.8) is 0 Å². The minimum atomic E-state index is 0.910. The molecule has 2 aromatic rings. The van der Waals surface area contributed by atoms with Gasteiger partial charge in [-0.2, -0.15) is 0 Å². The molecule has 2 rings (SSSR count). The van der Waals surface area contributed by atoms with Crippen LogP contribution in [0.3, 0.4) is 0 Å². The monoisotopic (exact) mass is 272 g/mol. The third-order valence-electron chi connectivity index (χ3n) is 3.39. The zero-order chi connectivity index (χ0) is 14.5. The summed E-state index contributed by atoms with van der Waals surface area (Å²) in [5, 5.41) is 0. The highest BCUT2D eigenvalue weighted by Gasteiger charge is 2.08. The minimum absolute atomic E-state index is 0.910. The molecule has 0 N–H and O–H groups in total. The predicted octanol–water partition coefficient (Wildman–Crippen LogP) is 2.11. The molecule has 0 aliphatic carbocycles. The number of benzene rings is 1. The van der Waals surface area contributed by atoms with Crippen LogP contribution in [0.4, 0.5) is 0 Å².